The van der Waals surface area contributed by atoms with Gasteiger partial charge in [-0.1, -0.05) is 30.3 Å². The van der Waals surface area contributed by atoms with Gasteiger partial charge in [-0.25, -0.2) is 0 Å². The van der Waals surface area contributed by atoms with Crippen LogP contribution in [-0.2, 0) is 13.0 Å². The summed E-state index contributed by atoms with van der Waals surface area (Å²) in [5.74, 6) is 0.484. The van der Waals surface area contributed by atoms with Crippen LogP contribution < -0.4 is 4.74 Å². The van der Waals surface area contributed by atoms with Gasteiger partial charge in [0.05, 0.1) is 18.9 Å². The molecule has 0 fully saturated rings. The number of rotatable bonds is 5. The number of aromatic nitrogens is 2. The second kappa shape index (κ2) is 5.96. The van der Waals surface area contributed by atoms with Crippen molar-refractivity contribution >= 4 is 0 Å². The van der Waals surface area contributed by atoms with E-state index in [1.165, 1.54) is 5.56 Å². The quantitative estimate of drug-likeness (QED) is 0.847. The minimum absolute atomic E-state index is 0.0999. The smallest absolute Gasteiger partial charge is 0.233 e. The second-order valence-corrected chi connectivity index (χ2v) is 3.61. The molecule has 4 heteroatoms. The van der Waals surface area contributed by atoms with E-state index >= 15 is 0 Å². The molecule has 0 radical (unpaired) electrons. The summed E-state index contributed by atoms with van der Waals surface area (Å²) in [6.07, 6.45) is 0.838. The van der Waals surface area contributed by atoms with Crippen molar-refractivity contribution in [2.24, 2.45) is 0 Å². The zero-order valence-corrected chi connectivity index (χ0v) is 9.41. The second-order valence-electron chi connectivity index (χ2n) is 3.61. The maximum absolute atomic E-state index is 8.81. The van der Waals surface area contributed by atoms with E-state index in [-0.39, 0.29) is 6.61 Å². The van der Waals surface area contributed by atoms with E-state index in [4.69, 9.17) is 9.84 Å². The van der Waals surface area contributed by atoms with Gasteiger partial charge in [0, 0.05) is 12.5 Å². The lowest BCUT2D eigenvalue weighted by atomic mass is 10.2. The van der Waals surface area contributed by atoms with Crippen LogP contribution in [0.4, 0.5) is 0 Å². The highest BCUT2D eigenvalue weighted by molar-refractivity contribution is 5.15. The Hall–Kier alpha value is -1.94. The van der Waals surface area contributed by atoms with Crippen molar-refractivity contribution in [3.8, 4) is 5.88 Å². The van der Waals surface area contributed by atoms with Crippen molar-refractivity contribution in [1.82, 2.24) is 10.2 Å². The third-order valence-corrected chi connectivity index (χ3v) is 2.34. The number of aliphatic hydroxyl groups excluding tert-OH is 1. The van der Waals surface area contributed by atoms with Crippen LogP contribution in [0.15, 0.2) is 42.5 Å². The number of ether oxygens (including phenoxy) is 1. The van der Waals surface area contributed by atoms with Crippen LogP contribution in [0.5, 0.6) is 5.88 Å². The fraction of sp³-hybridized carbons (Fsp3) is 0.231. The van der Waals surface area contributed by atoms with Crippen molar-refractivity contribution in [3.63, 3.8) is 0 Å². The zero-order chi connectivity index (χ0) is 11.9. The first kappa shape index (κ1) is 11.5. The lowest BCUT2D eigenvalue weighted by molar-refractivity contribution is 0.271. The van der Waals surface area contributed by atoms with E-state index in [1.807, 2.05) is 18.2 Å². The Morgan fingerprint density at radius 2 is 1.82 bits per heavy atom. The van der Waals surface area contributed by atoms with E-state index in [1.54, 1.807) is 12.1 Å². The van der Waals surface area contributed by atoms with Crippen LogP contribution in [0.1, 0.15) is 11.3 Å². The molecule has 1 aromatic carbocycles. The van der Waals surface area contributed by atoms with Gasteiger partial charge in [0.2, 0.25) is 5.88 Å². The number of nitrogens with zero attached hydrogens (tertiary/aromatic N) is 2. The zero-order valence-electron chi connectivity index (χ0n) is 9.41. The van der Waals surface area contributed by atoms with Gasteiger partial charge in [-0.2, -0.15) is 0 Å². The molecule has 0 saturated carbocycles. The lowest BCUT2D eigenvalue weighted by Gasteiger charge is -2.04. The standard InChI is InChI=1S/C13H14N2O2/c16-10-12-6-7-13(15-14-12)17-9-8-11-4-2-1-3-5-11/h1-7,16H,8-10H2. The molecule has 2 aromatic rings. The summed E-state index contributed by atoms with van der Waals surface area (Å²) in [6.45, 7) is 0.467. The Morgan fingerprint density at radius 1 is 1.00 bits per heavy atom. The van der Waals surface area contributed by atoms with Gasteiger partial charge in [0.1, 0.15) is 0 Å². The maximum atomic E-state index is 8.81. The number of hydrogen-bond acceptors (Lipinski definition) is 4. The van der Waals surface area contributed by atoms with Crippen molar-refractivity contribution in [3.05, 3.63) is 53.7 Å². The Labute approximate surface area is 99.9 Å². The third-order valence-electron chi connectivity index (χ3n) is 2.34. The molecule has 0 saturated heterocycles. The largest absolute Gasteiger partial charge is 0.476 e. The van der Waals surface area contributed by atoms with Crippen molar-refractivity contribution in [2.45, 2.75) is 13.0 Å². The summed E-state index contributed by atoms with van der Waals surface area (Å²) < 4.78 is 5.45. The predicted molar refractivity (Wildman–Crippen MR) is 63.6 cm³/mol. The van der Waals surface area contributed by atoms with Crippen molar-refractivity contribution < 1.29 is 9.84 Å². The summed E-state index contributed by atoms with van der Waals surface area (Å²) in [5.41, 5.74) is 1.77. The van der Waals surface area contributed by atoms with Gasteiger partial charge in [-0.05, 0) is 11.6 Å². The van der Waals surface area contributed by atoms with E-state index < -0.39 is 0 Å². The molecule has 0 aliphatic rings. The Kier molecular flexibility index (Phi) is 4.05. The fourth-order valence-corrected chi connectivity index (χ4v) is 1.43. The molecule has 0 aliphatic heterocycles. The molecule has 1 heterocycles. The molecule has 0 unspecified atom stereocenters. The third kappa shape index (κ3) is 3.53. The van der Waals surface area contributed by atoms with E-state index in [2.05, 4.69) is 22.3 Å². The average molecular weight is 230 g/mol. The average Bonchev–Trinajstić information content (AvgIpc) is 2.41. The van der Waals surface area contributed by atoms with Crippen molar-refractivity contribution in [1.29, 1.82) is 0 Å². The van der Waals surface area contributed by atoms with Crippen LogP contribution in [-0.4, -0.2) is 21.9 Å². The monoisotopic (exact) mass is 230 g/mol. The minimum Gasteiger partial charge on any atom is -0.476 e. The van der Waals surface area contributed by atoms with Crippen LogP contribution in [0.3, 0.4) is 0 Å². The first-order valence-electron chi connectivity index (χ1n) is 5.48. The first-order valence-corrected chi connectivity index (χ1v) is 5.48. The highest BCUT2D eigenvalue weighted by Gasteiger charge is 1.98. The molecular weight excluding hydrogens is 216 g/mol. The van der Waals surface area contributed by atoms with E-state index in [0.717, 1.165) is 6.42 Å². The van der Waals surface area contributed by atoms with Gasteiger partial charge >= 0.3 is 0 Å². The van der Waals surface area contributed by atoms with Crippen LogP contribution in [0.25, 0.3) is 0 Å². The van der Waals surface area contributed by atoms with Crippen LogP contribution in [0.2, 0.25) is 0 Å². The highest BCUT2D eigenvalue weighted by Crippen LogP contribution is 2.06. The fourth-order valence-electron chi connectivity index (χ4n) is 1.43. The molecule has 1 aromatic heterocycles. The molecular formula is C13H14N2O2. The molecule has 0 aliphatic carbocycles. The molecule has 0 amide bonds. The van der Waals surface area contributed by atoms with Gasteiger partial charge in [0.25, 0.3) is 0 Å². The molecule has 0 bridgehead atoms. The Balaban J connectivity index is 1.82. The molecule has 88 valence electrons. The predicted octanol–water partition coefficient (Wildman–Crippen LogP) is 1.59. The molecule has 0 spiro atoms. The van der Waals surface area contributed by atoms with Gasteiger partial charge in [0.15, 0.2) is 0 Å². The summed E-state index contributed by atoms with van der Waals surface area (Å²) in [4.78, 5) is 0. The van der Waals surface area contributed by atoms with Crippen LogP contribution >= 0.6 is 0 Å². The van der Waals surface area contributed by atoms with E-state index in [9.17, 15) is 0 Å². The molecule has 1 N–H and O–H groups in total. The maximum Gasteiger partial charge on any atom is 0.233 e. The van der Waals surface area contributed by atoms with E-state index in [0.29, 0.717) is 18.2 Å². The first-order chi connectivity index (χ1) is 8.38. The summed E-state index contributed by atoms with van der Waals surface area (Å²) in [6, 6.07) is 13.5. The van der Waals surface area contributed by atoms with Gasteiger partial charge < -0.3 is 9.84 Å². The summed E-state index contributed by atoms with van der Waals surface area (Å²) >= 11 is 0. The number of benzene rings is 1. The molecule has 0 atom stereocenters. The number of hydrogen-bond donors (Lipinski definition) is 1. The number of aliphatic hydroxyl groups is 1. The highest BCUT2D eigenvalue weighted by atomic mass is 16.5. The summed E-state index contributed by atoms with van der Waals surface area (Å²) in [7, 11) is 0. The molecule has 17 heavy (non-hydrogen) atoms. The van der Waals surface area contributed by atoms with Gasteiger partial charge in [-0.15, -0.1) is 10.2 Å². The summed E-state index contributed by atoms with van der Waals surface area (Å²) in [5, 5.41) is 16.5. The van der Waals surface area contributed by atoms with Crippen molar-refractivity contribution in [2.75, 3.05) is 6.61 Å². The van der Waals surface area contributed by atoms with Gasteiger partial charge in [-0.3, -0.25) is 0 Å². The normalized spacial score (nSPS) is 10.2. The minimum atomic E-state index is -0.0999. The van der Waals surface area contributed by atoms with Crippen LogP contribution in [0, 0.1) is 0 Å². The molecule has 2 rings (SSSR count). The SMILES string of the molecule is OCc1ccc(OCCc2ccccc2)nn1. The Morgan fingerprint density at radius 3 is 2.47 bits per heavy atom. The topological polar surface area (TPSA) is 55.2 Å². The lowest BCUT2D eigenvalue weighted by Crippen LogP contribution is -2.04. The Bertz CT molecular complexity index is 443. The molecule has 4 nitrogen and oxygen atoms in total.